The molecule has 1 saturated heterocycles. The molecule has 92 valence electrons. The molecule has 2 fully saturated rings. The number of carbonyl (C=O) groups excluding carboxylic acids is 2. The summed E-state index contributed by atoms with van der Waals surface area (Å²) in [6.07, 6.45) is 1.19. The van der Waals surface area contributed by atoms with Crippen molar-refractivity contribution in [3.05, 3.63) is 0 Å². The van der Waals surface area contributed by atoms with Crippen molar-refractivity contribution in [2.45, 2.75) is 18.9 Å². The number of rotatable bonds is 2. The lowest BCUT2D eigenvalue weighted by atomic mass is 10.1. The minimum atomic E-state index is -0.871. The van der Waals surface area contributed by atoms with Gasteiger partial charge in [-0.25, -0.2) is 0 Å². The van der Waals surface area contributed by atoms with Crippen molar-refractivity contribution in [1.29, 1.82) is 5.26 Å². The quantitative estimate of drug-likeness (QED) is 0.686. The molecule has 2 amide bonds. The number of likely N-dealkylation sites (N-methyl/N-ethyl adjacent to an activating group) is 1. The van der Waals surface area contributed by atoms with Gasteiger partial charge in [-0.3, -0.25) is 9.59 Å². The van der Waals surface area contributed by atoms with Gasteiger partial charge in [-0.1, -0.05) is 0 Å². The molecule has 2 rings (SSSR count). The Labute approximate surface area is 99.5 Å². The van der Waals surface area contributed by atoms with Crippen LogP contribution in [0, 0.1) is 16.7 Å². The van der Waals surface area contributed by atoms with Crippen LogP contribution in [0.2, 0.25) is 0 Å². The second kappa shape index (κ2) is 4.34. The Balaban J connectivity index is 2.14. The molecule has 1 atom stereocenters. The molecule has 17 heavy (non-hydrogen) atoms. The van der Waals surface area contributed by atoms with E-state index in [1.807, 2.05) is 0 Å². The van der Waals surface area contributed by atoms with Crippen LogP contribution < -0.4 is 5.32 Å². The SMILES string of the molecule is CNC(=O)C1COCCN1C(=O)C1(C#N)CC1. The molecule has 1 aliphatic carbocycles. The smallest absolute Gasteiger partial charge is 0.244 e. The minimum Gasteiger partial charge on any atom is -0.377 e. The lowest BCUT2D eigenvalue weighted by Gasteiger charge is -2.35. The number of nitriles is 1. The summed E-state index contributed by atoms with van der Waals surface area (Å²) in [5.41, 5.74) is -0.871. The predicted octanol–water partition coefficient (Wildman–Crippen LogP) is -0.736. The second-order valence-corrected chi connectivity index (χ2v) is 4.40. The molecule has 0 bridgehead atoms. The van der Waals surface area contributed by atoms with E-state index in [1.165, 1.54) is 11.9 Å². The highest BCUT2D eigenvalue weighted by Crippen LogP contribution is 2.46. The summed E-state index contributed by atoms with van der Waals surface area (Å²) in [7, 11) is 1.52. The van der Waals surface area contributed by atoms with Crippen molar-refractivity contribution in [2.24, 2.45) is 5.41 Å². The summed E-state index contributed by atoms with van der Waals surface area (Å²) in [6, 6.07) is 1.46. The standard InChI is InChI=1S/C11H15N3O3/c1-13-9(15)8-6-17-5-4-14(8)10(16)11(7-12)2-3-11/h8H,2-6H2,1H3,(H,13,15). The van der Waals surface area contributed by atoms with Crippen LogP contribution in [0.15, 0.2) is 0 Å². The molecule has 0 aromatic rings. The largest absolute Gasteiger partial charge is 0.377 e. The number of morpholine rings is 1. The van der Waals surface area contributed by atoms with E-state index in [0.29, 0.717) is 26.0 Å². The van der Waals surface area contributed by atoms with Gasteiger partial charge in [-0.15, -0.1) is 0 Å². The van der Waals surface area contributed by atoms with Gasteiger partial charge in [0.2, 0.25) is 11.8 Å². The van der Waals surface area contributed by atoms with E-state index < -0.39 is 11.5 Å². The van der Waals surface area contributed by atoms with E-state index in [2.05, 4.69) is 11.4 Å². The van der Waals surface area contributed by atoms with Gasteiger partial charge >= 0.3 is 0 Å². The monoisotopic (exact) mass is 237 g/mol. The molecule has 0 spiro atoms. The van der Waals surface area contributed by atoms with Crippen LogP contribution in [-0.4, -0.2) is 49.6 Å². The zero-order valence-corrected chi connectivity index (χ0v) is 9.73. The molecule has 1 saturated carbocycles. The molecule has 0 aromatic heterocycles. The van der Waals surface area contributed by atoms with E-state index in [4.69, 9.17) is 10.00 Å². The lowest BCUT2D eigenvalue weighted by Crippen LogP contribution is -2.57. The second-order valence-electron chi connectivity index (χ2n) is 4.40. The van der Waals surface area contributed by atoms with E-state index in [0.717, 1.165) is 0 Å². The number of nitrogens with zero attached hydrogens (tertiary/aromatic N) is 2. The third kappa shape index (κ3) is 1.98. The molecule has 1 aliphatic heterocycles. The molecule has 6 nitrogen and oxygen atoms in total. The average Bonchev–Trinajstić information content (AvgIpc) is 3.18. The first kappa shape index (κ1) is 11.9. The maximum atomic E-state index is 12.2. The molecule has 6 heteroatoms. The highest BCUT2D eigenvalue weighted by Gasteiger charge is 2.54. The van der Waals surface area contributed by atoms with Crippen molar-refractivity contribution >= 4 is 11.8 Å². The Morgan fingerprint density at radius 1 is 1.53 bits per heavy atom. The zero-order valence-electron chi connectivity index (χ0n) is 9.73. The molecule has 0 radical (unpaired) electrons. The van der Waals surface area contributed by atoms with Gasteiger partial charge in [0.25, 0.3) is 0 Å². The van der Waals surface area contributed by atoms with Gasteiger partial charge < -0.3 is 15.0 Å². The van der Waals surface area contributed by atoms with Crippen molar-refractivity contribution in [1.82, 2.24) is 10.2 Å². The van der Waals surface area contributed by atoms with Crippen molar-refractivity contribution < 1.29 is 14.3 Å². The Morgan fingerprint density at radius 3 is 2.76 bits per heavy atom. The predicted molar refractivity (Wildman–Crippen MR) is 57.7 cm³/mol. The average molecular weight is 237 g/mol. The molecule has 2 aliphatic rings. The van der Waals surface area contributed by atoms with Crippen molar-refractivity contribution in [3.8, 4) is 6.07 Å². The van der Waals surface area contributed by atoms with Crippen LogP contribution in [0.25, 0.3) is 0 Å². The Morgan fingerprint density at radius 2 is 2.24 bits per heavy atom. The topological polar surface area (TPSA) is 82.4 Å². The number of ether oxygens (including phenoxy) is 1. The fourth-order valence-electron chi connectivity index (χ4n) is 2.00. The van der Waals surface area contributed by atoms with Gasteiger partial charge in [-0.2, -0.15) is 5.26 Å². The number of hydrogen-bond acceptors (Lipinski definition) is 4. The third-order valence-corrected chi connectivity index (χ3v) is 3.31. The zero-order chi connectivity index (χ0) is 12.5. The van der Waals surface area contributed by atoms with Gasteiger partial charge in [-0.05, 0) is 12.8 Å². The highest BCUT2D eigenvalue weighted by molar-refractivity contribution is 5.93. The molecule has 1 heterocycles. The summed E-state index contributed by atoms with van der Waals surface area (Å²) in [4.78, 5) is 25.3. The maximum absolute atomic E-state index is 12.2. The van der Waals surface area contributed by atoms with Crippen LogP contribution in [0.1, 0.15) is 12.8 Å². The normalized spacial score (nSPS) is 25.9. The first-order valence-electron chi connectivity index (χ1n) is 5.66. The minimum absolute atomic E-state index is 0.201. The molecular formula is C11H15N3O3. The Hall–Kier alpha value is -1.61. The number of nitrogens with one attached hydrogen (secondary N) is 1. The summed E-state index contributed by atoms with van der Waals surface area (Å²) in [6.45, 7) is 0.994. The van der Waals surface area contributed by atoms with Crippen LogP contribution >= 0.6 is 0 Å². The van der Waals surface area contributed by atoms with E-state index in [9.17, 15) is 9.59 Å². The van der Waals surface area contributed by atoms with Crippen LogP contribution in [0.4, 0.5) is 0 Å². The maximum Gasteiger partial charge on any atom is 0.244 e. The first-order valence-corrected chi connectivity index (χ1v) is 5.66. The molecule has 1 N–H and O–H groups in total. The van der Waals surface area contributed by atoms with Crippen LogP contribution in [0.3, 0.4) is 0 Å². The van der Waals surface area contributed by atoms with E-state index >= 15 is 0 Å². The summed E-state index contributed by atoms with van der Waals surface area (Å²) in [5, 5.41) is 11.5. The van der Waals surface area contributed by atoms with Crippen LogP contribution in [0.5, 0.6) is 0 Å². The summed E-state index contributed by atoms with van der Waals surface area (Å²) >= 11 is 0. The Bertz CT molecular complexity index is 384. The highest BCUT2D eigenvalue weighted by atomic mass is 16.5. The fourth-order valence-corrected chi connectivity index (χ4v) is 2.00. The number of carbonyl (C=O) groups is 2. The number of hydrogen-bond donors (Lipinski definition) is 1. The van der Waals surface area contributed by atoms with Crippen LogP contribution in [-0.2, 0) is 14.3 Å². The van der Waals surface area contributed by atoms with Crippen molar-refractivity contribution in [3.63, 3.8) is 0 Å². The summed E-state index contributed by atoms with van der Waals surface area (Å²) < 4.78 is 5.21. The van der Waals surface area contributed by atoms with Gasteiger partial charge in [0.05, 0.1) is 19.3 Å². The lowest BCUT2D eigenvalue weighted by molar-refractivity contribution is -0.151. The summed E-state index contributed by atoms with van der Waals surface area (Å²) in [5.74, 6) is -0.469. The van der Waals surface area contributed by atoms with E-state index in [1.54, 1.807) is 0 Å². The Kier molecular flexibility index (Phi) is 3.03. The molecule has 0 aromatic carbocycles. The third-order valence-electron chi connectivity index (χ3n) is 3.31. The van der Waals surface area contributed by atoms with Gasteiger partial charge in [0.15, 0.2) is 0 Å². The van der Waals surface area contributed by atoms with Gasteiger partial charge in [0, 0.05) is 13.6 Å². The molecule has 1 unspecified atom stereocenters. The van der Waals surface area contributed by atoms with Crippen molar-refractivity contribution in [2.75, 3.05) is 26.8 Å². The van der Waals surface area contributed by atoms with E-state index in [-0.39, 0.29) is 18.4 Å². The molecular weight excluding hydrogens is 222 g/mol. The first-order chi connectivity index (χ1) is 8.14. The fraction of sp³-hybridized carbons (Fsp3) is 0.727. The number of amides is 2. The van der Waals surface area contributed by atoms with Gasteiger partial charge in [0.1, 0.15) is 11.5 Å².